The van der Waals surface area contributed by atoms with Crippen molar-refractivity contribution in [2.75, 3.05) is 16.5 Å². The third kappa shape index (κ3) is 5.90. The first-order valence-electron chi connectivity index (χ1n) is 18.2. The fraction of sp³-hybridized carbons (Fsp3) is 0.213. The molecule has 3 heterocycles. The van der Waals surface area contributed by atoms with E-state index in [0.717, 1.165) is 40.7 Å². The zero-order chi connectivity index (χ0) is 36.2. The molecule has 5 aromatic carbocycles. The third-order valence-electron chi connectivity index (χ3n) is 10.9. The second-order valence-corrected chi connectivity index (χ2v) is 15.5. The Kier molecular flexibility index (Phi) is 8.18. The van der Waals surface area contributed by atoms with Crippen LogP contribution in [0.5, 0.6) is 11.5 Å². The van der Waals surface area contributed by atoms with E-state index in [1.165, 1.54) is 44.5 Å². The number of pyridine rings is 1. The van der Waals surface area contributed by atoms with Gasteiger partial charge in [-0.2, -0.15) is 0 Å². The van der Waals surface area contributed by atoms with E-state index in [9.17, 15) is 0 Å². The summed E-state index contributed by atoms with van der Waals surface area (Å²) in [6.07, 6.45) is 1.92. The summed E-state index contributed by atoms with van der Waals surface area (Å²) in [5.41, 5.74) is 10.7. The van der Waals surface area contributed by atoms with E-state index < -0.39 is 0 Å². The summed E-state index contributed by atoms with van der Waals surface area (Å²) in [5, 5.41) is 2.37. The summed E-state index contributed by atoms with van der Waals surface area (Å²) in [6, 6.07) is 47.4. The Hall–Kier alpha value is -5.81. The van der Waals surface area contributed by atoms with E-state index in [1.807, 2.05) is 12.3 Å². The van der Waals surface area contributed by atoms with Crippen molar-refractivity contribution in [2.45, 2.75) is 59.3 Å². The fourth-order valence-electron chi connectivity index (χ4n) is 7.49. The van der Waals surface area contributed by atoms with Crippen LogP contribution in [0.2, 0.25) is 0 Å². The number of fused-ring (bicyclic) bond motifs is 3. The van der Waals surface area contributed by atoms with Gasteiger partial charge in [-0.05, 0) is 90.6 Å². The molecule has 0 spiro atoms. The van der Waals surface area contributed by atoms with E-state index in [0.29, 0.717) is 0 Å². The topological polar surface area (TPSA) is 33.5 Å². The third-order valence-corrected chi connectivity index (χ3v) is 10.9. The van der Waals surface area contributed by atoms with Crippen LogP contribution in [-0.2, 0) is 10.8 Å². The largest absolute Gasteiger partial charge is 0.457 e. The Morgan fingerprint density at radius 2 is 1.19 bits per heavy atom. The molecule has 0 saturated heterocycles. The molecule has 5 nitrogen and oxygen atoms in total. The average molecular weight is 683 g/mol. The van der Waals surface area contributed by atoms with Crippen molar-refractivity contribution in [3.63, 3.8) is 0 Å². The van der Waals surface area contributed by atoms with Crippen molar-refractivity contribution in [2.24, 2.45) is 0 Å². The molecule has 52 heavy (non-hydrogen) atoms. The van der Waals surface area contributed by atoms with Crippen LogP contribution in [0, 0.1) is 0 Å². The SMILES string of the molecule is CC1=C(C)N(c2cccc(Oc3ccc4c5ccccc5n(-c5cc(C(C)(C)C)ccn5)c4c3)c2)CN1c1ccc(C(C)(C)c2ccccc2)cc1. The zero-order valence-corrected chi connectivity index (χ0v) is 31.2. The Morgan fingerprint density at radius 1 is 0.538 bits per heavy atom. The van der Waals surface area contributed by atoms with Crippen LogP contribution in [-0.4, -0.2) is 16.2 Å². The van der Waals surface area contributed by atoms with Gasteiger partial charge in [-0.25, -0.2) is 4.98 Å². The van der Waals surface area contributed by atoms with Crippen molar-refractivity contribution in [3.05, 3.63) is 168 Å². The Balaban J connectivity index is 1.07. The fourth-order valence-corrected chi connectivity index (χ4v) is 7.49. The van der Waals surface area contributed by atoms with Crippen molar-refractivity contribution < 1.29 is 4.74 Å². The number of benzene rings is 5. The van der Waals surface area contributed by atoms with E-state index in [4.69, 9.17) is 9.72 Å². The highest BCUT2D eigenvalue weighted by atomic mass is 16.5. The van der Waals surface area contributed by atoms with Crippen LogP contribution in [0.15, 0.2) is 151 Å². The molecule has 0 unspecified atom stereocenters. The van der Waals surface area contributed by atoms with Gasteiger partial charge in [0, 0.05) is 57.3 Å². The maximum atomic E-state index is 6.62. The number of hydrogen-bond acceptors (Lipinski definition) is 4. The number of ether oxygens (including phenoxy) is 1. The first-order valence-corrected chi connectivity index (χ1v) is 18.2. The molecule has 0 aliphatic carbocycles. The molecule has 2 aromatic heterocycles. The molecule has 1 aliphatic rings. The second kappa shape index (κ2) is 12.8. The quantitative estimate of drug-likeness (QED) is 0.168. The standard InChI is InChI=1S/C47H46N4O/c1-32-33(2)50(31-49(32)37-22-20-35(21-23-37)47(6,7)34-14-9-8-10-15-34)38-16-13-17-39(29-38)52-40-24-25-42-41-18-11-12-19-43(41)51(44(42)30-40)45-28-36(26-27-48-45)46(3,4)5/h8-30H,31H2,1-7H3. The van der Waals surface area contributed by atoms with Crippen LogP contribution < -0.4 is 14.5 Å². The number of nitrogens with zero attached hydrogens (tertiary/aromatic N) is 4. The molecule has 260 valence electrons. The predicted molar refractivity (Wildman–Crippen MR) is 217 cm³/mol. The van der Waals surface area contributed by atoms with Gasteiger partial charge in [-0.3, -0.25) is 4.57 Å². The van der Waals surface area contributed by atoms with E-state index in [-0.39, 0.29) is 10.8 Å². The summed E-state index contributed by atoms with van der Waals surface area (Å²) in [7, 11) is 0. The zero-order valence-electron chi connectivity index (χ0n) is 31.2. The molecule has 0 saturated carbocycles. The highest BCUT2D eigenvalue weighted by Gasteiger charge is 2.28. The number of hydrogen-bond donors (Lipinski definition) is 0. The van der Waals surface area contributed by atoms with Crippen molar-refractivity contribution in [3.8, 4) is 17.3 Å². The molecule has 0 N–H and O–H groups in total. The lowest BCUT2D eigenvalue weighted by Crippen LogP contribution is -2.27. The van der Waals surface area contributed by atoms with Crippen molar-refractivity contribution in [1.82, 2.24) is 9.55 Å². The number of rotatable bonds is 7. The van der Waals surface area contributed by atoms with Crippen LogP contribution in [0.1, 0.15) is 65.2 Å². The van der Waals surface area contributed by atoms with E-state index in [1.54, 1.807) is 0 Å². The summed E-state index contributed by atoms with van der Waals surface area (Å²) in [5.74, 6) is 2.48. The van der Waals surface area contributed by atoms with Crippen molar-refractivity contribution >= 4 is 33.2 Å². The minimum absolute atomic E-state index is 0.0124. The van der Waals surface area contributed by atoms with Crippen molar-refractivity contribution in [1.29, 1.82) is 0 Å². The van der Waals surface area contributed by atoms with Crippen LogP contribution in [0.4, 0.5) is 11.4 Å². The Bertz CT molecular complexity index is 2450. The highest BCUT2D eigenvalue weighted by Crippen LogP contribution is 2.39. The first-order chi connectivity index (χ1) is 25.0. The van der Waals surface area contributed by atoms with Crippen LogP contribution in [0.3, 0.4) is 0 Å². The van der Waals surface area contributed by atoms with Gasteiger partial charge in [0.25, 0.3) is 0 Å². The highest BCUT2D eigenvalue weighted by molar-refractivity contribution is 6.09. The van der Waals surface area contributed by atoms with Gasteiger partial charge < -0.3 is 14.5 Å². The maximum absolute atomic E-state index is 6.62. The molecule has 0 bridgehead atoms. The molecule has 0 fully saturated rings. The van der Waals surface area contributed by atoms with Gasteiger partial charge in [-0.15, -0.1) is 0 Å². The summed E-state index contributed by atoms with van der Waals surface area (Å²) in [4.78, 5) is 9.59. The molecule has 0 radical (unpaired) electrons. The lowest BCUT2D eigenvalue weighted by atomic mass is 9.78. The molecule has 0 amide bonds. The number of aromatic nitrogens is 2. The minimum atomic E-state index is -0.0760. The van der Waals surface area contributed by atoms with Crippen LogP contribution >= 0.6 is 0 Å². The molecule has 5 heteroatoms. The van der Waals surface area contributed by atoms with Gasteiger partial charge in [-0.1, -0.05) is 101 Å². The van der Waals surface area contributed by atoms with Gasteiger partial charge in [0.2, 0.25) is 0 Å². The lowest BCUT2D eigenvalue weighted by Gasteiger charge is -2.28. The second-order valence-electron chi connectivity index (χ2n) is 15.5. The molecular formula is C47H46N4O. The van der Waals surface area contributed by atoms with Crippen LogP contribution in [0.25, 0.3) is 27.6 Å². The molecule has 1 aliphatic heterocycles. The molecule has 8 rings (SSSR count). The van der Waals surface area contributed by atoms with Gasteiger partial charge >= 0.3 is 0 Å². The Morgan fingerprint density at radius 3 is 1.94 bits per heavy atom. The van der Waals surface area contributed by atoms with Gasteiger partial charge in [0.15, 0.2) is 0 Å². The number of anilines is 2. The molecule has 0 atom stereocenters. The molecular weight excluding hydrogens is 637 g/mol. The Labute approximate surface area is 307 Å². The minimum Gasteiger partial charge on any atom is -0.457 e. The molecule has 7 aromatic rings. The normalized spacial score (nSPS) is 13.8. The van der Waals surface area contributed by atoms with Gasteiger partial charge in [0.05, 0.1) is 17.7 Å². The first kappa shape index (κ1) is 33.3. The summed E-state index contributed by atoms with van der Waals surface area (Å²) in [6.45, 7) is 16.4. The summed E-state index contributed by atoms with van der Waals surface area (Å²) >= 11 is 0. The van der Waals surface area contributed by atoms with E-state index in [2.05, 4.69) is 190 Å². The lowest BCUT2D eigenvalue weighted by molar-refractivity contribution is 0.483. The summed E-state index contributed by atoms with van der Waals surface area (Å²) < 4.78 is 8.87. The number of para-hydroxylation sites is 1. The predicted octanol–water partition coefficient (Wildman–Crippen LogP) is 12.1. The average Bonchev–Trinajstić information content (AvgIpc) is 3.64. The monoisotopic (exact) mass is 682 g/mol. The smallest absolute Gasteiger partial charge is 0.137 e. The van der Waals surface area contributed by atoms with Gasteiger partial charge in [0.1, 0.15) is 17.3 Å². The maximum Gasteiger partial charge on any atom is 0.137 e. The van der Waals surface area contributed by atoms with E-state index >= 15 is 0 Å². The number of allylic oxidation sites excluding steroid dienone is 2.